The van der Waals surface area contributed by atoms with Gasteiger partial charge in [-0.3, -0.25) is 4.79 Å². The molecule has 0 radical (unpaired) electrons. The summed E-state index contributed by atoms with van der Waals surface area (Å²) in [6, 6.07) is 10.00. The first kappa shape index (κ1) is 15.2. The van der Waals surface area contributed by atoms with E-state index in [0.29, 0.717) is 11.7 Å². The van der Waals surface area contributed by atoms with Crippen molar-refractivity contribution in [2.45, 2.75) is 19.8 Å². The van der Waals surface area contributed by atoms with E-state index >= 15 is 0 Å². The van der Waals surface area contributed by atoms with E-state index in [1.165, 1.54) is 12.5 Å². The lowest BCUT2D eigenvalue weighted by Gasteiger charge is -2.12. The number of carbonyl (C=O) groups is 2. The molecule has 1 unspecified atom stereocenters. The summed E-state index contributed by atoms with van der Waals surface area (Å²) in [7, 11) is 0. The van der Waals surface area contributed by atoms with Crippen molar-refractivity contribution in [3.63, 3.8) is 0 Å². The van der Waals surface area contributed by atoms with Crippen molar-refractivity contribution in [1.82, 2.24) is 4.98 Å². The third kappa shape index (κ3) is 3.66. The average Bonchev–Trinajstić information content (AvgIpc) is 2.90. The van der Waals surface area contributed by atoms with Crippen LogP contribution in [0.5, 0.6) is 0 Å². The quantitative estimate of drug-likeness (QED) is 0.801. The van der Waals surface area contributed by atoms with Crippen LogP contribution in [0, 0.1) is 0 Å². The molecule has 0 aliphatic rings. The molecule has 0 fully saturated rings. The van der Waals surface area contributed by atoms with Gasteiger partial charge in [-0.25, -0.2) is 9.78 Å². The van der Waals surface area contributed by atoms with E-state index in [-0.39, 0.29) is 22.3 Å². The molecule has 0 aliphatic carbocycles. The van der Waals surface area contributed by atoms with Gasteiger partial charge in [0, 0.05) is 13.5 Å². The van der Waals surface area contributed by atoms with Crippen molar-refractivity contribution in [1.29, 1.82) is 0 Å². The Kier molecular flexibility index (Phi) is 4.70. The Morgan fingerprint density at radius 1 is 1.33 bits per heavy atom. The molecule has 1 heterocycles. The molecular weight excluding hydrogens is 288 g/mol. The molecular formula is C15H16N2O3S. The first-order valence-electron chi connectivity index (χ1n) is 6.53. The summed E-state index contributed by atoms with van der Waals surface area (Å²) in [5.41, 5.74) is 1.01. The summed E-state index contributed by atoms with van der Waals surface area (Å²) < 4.78 is 0. The molecule has 0 saturated carbocycles. The van der Waals surface area contributed by atoms with Gasteiger partial charge in [-0.2, -0.15) is 0 Å². The molecule has 5 nitrogen and oxygen atoms in total. The third-order valence-electron chi connectivity index (χ3n) is 3.08. The summed E-state index contributed by atoms with van der Waals surface area (Å²) >= 11 is 1.08. The van der Waals surface area contributed by atoms with Crippen LogP contribution in [-0.2, 0) is 0 Å². The van der Waals surface area contributed by atoms with E-state index in [1.807, 2.05) is 30.3 Å². The van der Waals surface area contributed by atoms with E-state index in [1.54, 1.807) is 0 Å². The largest absolute Gasteiger partial charge is 0.476 e. The number of nitrogens with zero attached hydrogens (tertiary/aromatic N) is 1. The molecule has 1 atom stereocenters. The molecule has 2 rings (SSSR count). The lowest BCUT2D eigenvalue weighted by molar-refractivity contribution is 0.0687. The fraction of sp³-hybridized carbons (Fsp3) is 0.267. The summed E-state index contributed by atoms with van der Waals surface area (Å²) in [5.74, 6) is -1.21. The molecule has 110 valence electrons. The standard InChI is InChI=1S/C15H16N2O3S/c1-9(11-6-4-3-5-7-11)8-16-15-17-12(14(19)20)13(21-15)10(2)18/h3-7,9H,8H2,1-2H3,(H,16,17)(H,19,20). The van der Waals surface area contributed by atoms with Crippen molar-refractivity contribution < 1.29 is 14.7 Å². The van der Waals surface area contributed by atoms with Gasteiger partial charge < -0.3 is 10.4 Å². The average molecular weight is 304 g/mol. The molecule has 2 N–H and O–H groups in total. The number of carbonyl (C=O) groups excluding carboxylic acids is 1. The Hall–Kier alpha value is -2.21. The summed E-state index contributed by atoms with van der Waals surface area (Å²) in [4.78, 5) is 26.6. The zero-order valence-electron chi connectivity index (χ0n) is 11.8. The molecule has 1 aromatic carbocycles. The second kappa shape index (κ2) is 6.49. The normalized spacial score (nSPS) is 11.9. The van der Waals surface area contributed by atoms with E-state index in [0.717, 1.165) is 11.3 Å². The van der Waals surface area contributed by atoms with Gasteiger partial charge in [0.2, 0.25) is 0 Å². The molecule has 1 aromatic heterocycles. The van der Waals surface area contributed by atoms with Gasteiger partial charge in [-0.05, 0) is 11.5 Å². The highest BCUT2D eigenvalue weighted by Crippen LogP contribution is 2.25. The van der Waals surface area contributed by atoms with Crippen molar-refractivity contribution in [2.24, 2.45) is 0 Å². The van der Waals surface area contributed by atoms with Gasteiger partial charge in [0.25, 0.3) is 0 Å². The number of rotatable bonds is 6. The van der Waals surface area contributed by atoms with Crippen LogP contribution < -0.4 is 5.32 Å². The lowest BCUT2D eigenvalue weighted by atomic mass is 10.0. The number of thiazole rings is 1. The maximum Gasteiger partial charge on any atom is 0.356 e. The van der Waals surface area contributed by atoms with Crippen LogP contribution in [0.1, 0.15) is 45.5 Å². The smallest absolute Gasteiger partial charge is 0.356 e. The Labute approximate surface area is 126 Å². The predicted molar refractivity (Wildman–Crippen MR) is 82.4 cm³/mol. The fourth-order valence-corrected chi connectivity index (χ4v) is 2.78. The van der Waals surface area contributed by atoms with E-state index in [4.69, 9.17) is 5.11 Å². The molecule has 0 aliphatic heterocycles. The van der Waals surface area contributed by atoms with Crippen LogP contribution >= 0.6 is 11.3 Å². The summed E-state index contributed by atoms with van der Waals surface area (Å²) in [6.07, 6.45) is 0. The SMILES string of the molecule is CC(=O)c1sc(NCC(C)c2ccccc2)nc1C(=O)O. The maximum absolute atomic E-state index is 11.4. The molecule has 0 amide bonds. The molecule has 0 saturated heterocycles. The molecule has 0 spiro atoms. The van der Waals surface area contributed by atoms with Crippen molar-refractivity contribution in [2.75, 3.05) is 11.9 Å². The van der Waals surface area contributed by atoms with Crippen LogP contribution in [0.4, 0.5) is 5.13 Å². The molecule has 2 aromatic rings. The Morgan fingerprint density at radius 3 is 2.52 bits per heavy atom. The second-order valence-corrected chi connectivity index (χ2v) is 5.75. The van der Waals surface area contributed by atoms with Crippen molar-refractivity contribution in [3.05, 3.63) is 46.5 Å². The monoisotopic (exact) mass is 304 g/mol. The number of Topliss-reactive ketones (excluding diaryl/α,β-unsaturated/α-hetero) is 1. The minimum absolute atomic E-state index is 0.178. The van der Waals surface area contributed by atoms with Gasteiger partial charge in [-0.1, -0.05) is 48.6 Å². The van der Waals surface area contributed by atoms with E-state index in [9.17, 15) is 9.59 Å². The van der Waals surface area contributed by atoms with Gasteiger partial charge in [0.1, 0.15) is 4.88 Å². The van der Waals surface area contributed by atoms with E-state index < -0.39 is 5.97 Å². The number of aromatic carboxylic acids is 1. The minimum atomic E-state index is -1.18. The van der Waals surface area contributed by atoms with Crippen molar-refractivity contribution >= 4 is 28.2 Å². The number of anilines is 1. The summed E-state index contributed by atoms with van der Waals surface area (Å²) in [6.45, 7) is 4.03. The zero-order chi connectivity index (χ0) is 15.4. The van der Waals surface area contributed by atoms with Crippen LogP contribution in [0.2, 0.25) is 0 Å². The fourth-order valence-electron chi connectivity index (χ4n) is 1.92. The van der Waals surface area contributed by atoms with Crippen LogP contribution in [0.15, 0.2) is 30.3 Å². The van der Waals surface area contributed by atoms with Crippen LogP contribution in [-0.4, -0.2) is 28.4 Å². The highest BCUT2D eigenvalue weighted by molar-refractivity contribution is 7.17. The van der Waals surface area contributed by atoms with Gasteiger partial charge in [-0.15, -0.1) is 0 Å². The van der Waals surface area contributed by atoms with Gasteiger partial charge in [0.05, 0.1) is 0 Å². The number of hydrogen-bond acceptors (Lipinski definition) is 5. The second-order valence-electron chi connectivity index (χ2n) is 4.75. The number of carboxylic acids is 1. The number of carboxylic acid groups (broad SMARTS) is 1. The lowest BCUT2D eigenvalue weighted by Crippen LogP contribution is -2.10. The first-order valence-corrected chi connectivity index (χ1v) is 7.34. The first-order chi connectivity index (χ1) is 9.99. The number of ketones is 1. The van der Waals surface area contributed by atoms with E-state index in [2.05, 4.69) is 17.2 Å². The predicted octanol–water partition coefficient (Wildman–Crippen LogP) is 3.26. The van der Waals surface area contributed by atoms with Gasteiger partial charge in [0.15, 0.2) is 16.6 Å². The Bertz CT molecular complexity index is 621. The number of hydrogen-bond donors (Lipinski definition) is 2. The highest BCUT2D eigenvalue weighted by Gasteiger charge is 2.20. The number of aromatic nitrogens is 1. The minimum Gasteiger partial charge on any atom is -0.476 e. The van der Waals surface area contributed by atoms with Crippen LogP contribution in [0.3, 0.4) is 0 Å². The van der Waals surface area contributed by atoms with Crippen molar-refractivity contribution in [3.8, 4) is 0 Å². The summed E-state index contributed by atoms with van der Waals surface area (Å²) in [5, 5.41) is 12.6. The highest BCUT2D eigenvalue weighted by atomic mass is 32.1. The van der Waals surface area contributed by atoms with Gasteiger partial charge >= 0.3 is 5.97 Å². The Balaban J connectivity index is 2.09. The molecule has 21 heavy (non-hydrogen) atoms. The number of nitrogens with one attached hydrogen (secondary N) is 1. The van der Waals surface area contributed by atoms with Crippen LogP contribution in [0.25, 0.3) is 0 Å². The topological polar surface area (TPSA) is 79.3 Å². The zero-order valence-corrected chi connectivity index (χ0v) is 12.6. The number of benzene rings is 1. The molecule has 0 bridgehead atoms. The maximum atomic E-state index is 11.4. The third-order valence-corrected chi connectivity index (χ3v) is 4.19. The Morgan fingerprint density at radius 2 is 2.00 bits per heavy atom. The molecule has 6 heteroatoms.